The van der Waals surface area contributed by atoms with E-state index in [4.69, 9.17) is 9.84 Å². The molecule has 0 radical (unpaired) electrons. The van der Waals surface area contributed by atoms with Crippen LogP contribution in [0.5, 0.6) is 5.75 Å². The fourth-order valence-electron chi connectivity index (χ4n) is 3.88. The molecule has 12 heteroatoms. The van der Waals surface area contributed by atoms with Crippen LogP contribution in [0.3, 0.4) is 0 Å². The topological polar surface area (TPSA) is 166 Å². The molecule has 1 heterocycles. The van der Waals surface area contributed by atoms with Gasteiger partial charge in [0.05, 0.1) is 49.6 Å². The minimum atomic E-state index is -1.07. The van der Waals surface area contributed by atoms with E-state index in [1.54, 1.807) is 37.4 Å². The number of carboxylic acids is 1. The van der Waals surface area contributed by atoms with Gasteiger partial charge in [-0.3, -0.25) is 19.5 Å². The second kappa shape index (κ2) is 13.1. The number of carbonyl (C=O) groups is 4. The number of methoxy groups -OCH3 is 1. The number of benzene rings is 2. The van der Waals surface area contributed by atoms with Gasteiger partial charge in [-0.15, -0.1) is 0 Å². The average molecular weight is 537 g/mol. The Balaban J connectivity index is 1.61. The minimum Gasteiger partial charge on any atom is -0.495 e. The number of aromatic amines is 1. The van der Waals surface area contributed by atoms with Crippen LogP contribution < -0.4 is 20.7 Å². The number of aromatic nitrogens is 2. The first-order valence-corrected chi connectivity index (χ1v) is 12.1. The summed E-state index contributed by atoms with van der Waals surface area (Å²) in [6.07, 6.45) is -0.240. The van der Waals surface area contributed by atoms with Gasteiger partial charge in [0.1, 0.15) is 5.75 Å². The Labute approximate surface area is 225 Å². The highest BCUT2D eigenvalue weighted by Crippen LogP contribution is 2.27. The number of H-pyrrole nitrogens is 1. The number of nitrogens with zero attached hydrogens (tertiary/aromatic N) is 2. The number of likely N-dealkylation sites (N-methyl/N-ethyl adjacent to an activating group) is 1. The van der Waals surface area contributed by atoms with Crippen molar-refractivity contribution in [2.24, 2.45) is 0 Å². The molecule has 2 aromatic carbocycles. The number of nitrogens with one attached hydrogen (secondary N) is 4. The Kier molecular flexibility index (Phi) is 9.63. The Hall–Kier alpha value is -4.87. The molecule has 5 N–H and O–H groups in total. The molecule has 0 fully saturated rings. The van der Waals surface area contributed by atoms with E-state index in [2.05, 4.69) is 26.1 Å². The number of ether oxygens (including phenoxy) is 1. The number of aliphatic carboxylic acids is 1. The Morgan fingerprint density at radius 1 is 1.08 bits per heavy atom. The minimum absolute atomic E-state index is 0.0804. The smallest absolute Gasteiger partial charge is 0.323 e. The number of amides is 4. The van der Waals surface area contributed by atoms with Crippen molar-refractivity contribution >= 4 is 35.2 Å². The number of anilines is 2. The monoisotopic (exact) mass is 536 g/mol. The third-order valence-electron chi connectivity index (χ3n) is 5.86. The Morgan fingerprint density at radius 3 is 2.46 bits per heavy atom. The maximum atomic E-state index is 12.9. The van der Waals surface area contributed by atoms with Crippen molar-refractivity contribution in [1.29, 1.82) is 0 Å². The second-order valence-electron chi connectivity index (χ2n) is 9.02. The molecule has 39 heavy (non-hydrogen) atoms. The van der Waals surface area contributed by atoms with Crippen LogP contribution >= 0.6 is 0 Å². The van der Waals surface area contributed by atoms with Crippen LogP contribution in [0.4, 0.5) is 16.2 Å². The van der Waals surface area contributed by atoms with E-state index in [9.17, 15) is 19.2 Å². The van der Waals surface area contributed by atoms with Gasteiger partial charge in [-0.25, -0.2) is 4.79 Å². The first-order valence-electron chi connectivity index (χ1n) is 12.1. The van der Waals surface area contributed by atoms with Crippen LogP contribution in [-0.2, 0) is 27.3 Å². The summed E-state index contributed by atoms with van der Waals surface area (Å²) in [6.45, 7) is 3.39. The lowest BCUT2D eigenvalue weighted by Gasteiger charge is -2.17. The number of hydrogen-bond acceptors (Lipinski definition) is 6. The fraction of sp³-hybridized carbons (Fsp3) is 0.296. The van der Waals surface area contributed by atoms with E-state index in [-0.39, 0.29) is 31.2 Å². The normalized spacial score (nSPS) is 11.3. The van der Waals surface area contributed by atoms with Gasteiger partial charge in [-0.1, -0.05) is 24.3 Å². The fourth-order valence-corrected chi connectivity index (χ4v) is 3.88. The molecule has 206 valence electrons. The van der Waals surface area contributed by atoms with Crippen LogP contribution in [0.1, 0.15) is 41.9 Å². The zero-order valence-corrected chi connectivity index (χ0v) is 22.2. The van der Waals surface area contributed by atoms with Gasteiger partial charge in [0.2, 0.25) is 11.8 Å². The lowest BCUT2D eigenvalue weighted by Crippen LogP contribution is -2.28. The first kappa shape index (κ1) is 28.7. The molecule has 0 bridgehead atoms. The maximum absolute atomic E-state index is 12.9. The molecule has 4 amide bonds. The average Bonchev–Trinajstić information content (AvgIpc) is 3.33. The van der Waals surface area contributed by atoms with Gasteiger partial charge in [-0.05, 0) is 42.3 Å². The van der Waals surface area contributed by atoms with Crippen molar-refractivity contribution < 1.29 is 29.0 Å². The lowest BCUT2D eigenvalue weighted by atomic mass is 10.1. The van der Waals surface area contributed by atoms with E-state index >= 15 is 0 Å². The molecule has 0 aliphatic heterocycles. The van der Waals surface area contributed by atoms with Crippen LogP contribution in [0.25, 0.3) is 0 Å². The zero-order valence-electron chi connectivity index (χ0n) is 22.2. The molecule has 0 aliphatic carbocycles. The third kappa shape index (κ3) is 8.32. The summed E-state index contributed by atoms with van der Waals surface area (Å²) in [5.41, 5.74) is 3.70. The highest BCUT2D eigenvalue weighted by atomic mass is 16.5. The molecule has 0 saturated carbocycles. The molecule has 1 unspecified atom stereocenters. The highest BCUT2D eigenvalue weighted by molar-refractivity contribution is 6.01. The number of carboxylic acid groups (broad SMARTS) is 1. The predicted octanol–water partition coefficient (Wildman–Crippen LogP) is 3.22. The molecule has 1 aromatic heterocycles. The zero-order chi connectivity index (χ0) is 28.5. The van der Waals surface area contributed by atoms with Crippen molar-refractivity contribution in [2.75, 3.05) is 24.8 Å². The van der Waals surface area contributed by atoms with Crippen molar-refractivity contribution in [3.05, 3.63) is 71.0 Å². The van der Waals surface area contributed by atoms with Crippen molar-refractivity contribution in [3.63, 3.8) is 0 Å². The van der Waals surface area contributed by atoms with Crippen molar-refractivity contribution in [3.8, 4) is 5.75 Å². The van der Waals surface area contributed by atoms with E-state index in [0.29, 0.717) is 34.1 Å². The van der Waals surface area contributed by atoms with Gasteiger partial charge >= 0.3 is 12.0 Å². The van der Waals surface area contributed by atoms with Gasteiger partial charge in [0.15, 0.2) is 0 Å². The van der Waals surface area contributed by atoms with Crippen LogP contribution in [0.15, 0.2) is 48.5 Å². The quantitative estimate of drug-likeness (QED) is 0.251. The molecule has 0 spiro atoms. The van der Waals surface area contributed by atoms with Crippen molar-refractivity contribution in [1.82, 2.24) is 20.4 Å². The summed E-state index contributed by atoms with van der Waals surface area (Å²) in [4.78, 5) is 49.4. The maximum Gasteiger partial charge on any atom is 0.323 e. The molecular weight excluding hydrogens is 504 g/mol. The molecule has 3 rings (SSSR count). The standard InChI is InChI=1S/C27H32N6O6/c1-16-7-5-6-8-20(16)29-27(38)30-21-10-9-18(11-24(21)39-4)12-25(35)33(3)15-19-13-23(32-31-19)22(14-26(36)37)28-17(2)34/h5-11,13,22H,12,14-15H2,1-4H3,(H,28,34)(H,31,32)(H,36,37)(H2,29,30,38). The SMILES string of the molecule is COc1cc(CC(=O)N(C)Cc2cc(C(CC(=O)O)NC(C)=O)n[nH]2)ccc1NC(=O)Nc1ccccc1C. The van der Waals surface area contributed by atoms with E-state index in [0.717, 1.165) is 5.56 Å². The van der Waals surface area contributed by atoms with Gasteiger partial charge in [0.25, 0.3) is 0 Å². The summed E-state index contributed by atoms with van der Waals surface area (Å²) in [5, 5.41) is 24.1. The van der Waals surface area contributed by atoms with Crippen LogP contribution in [0, 0.1) is 6.92 Å². The number of aryl methyl sites for hydroxylation is 1. The van der Waals surface area contributed by atoms with Crippen molar-refractivity contribution in [2.45, 2.75) is 39.3 Å². The Bertz CT molecular complexity index is 1340. The first-order chi connectivity index (χ1) is 18.5. The van der Waals surface area contributed by atoms with Gasteiger partial charge < -0.3 is 30.7 Å². The van der Waals surface area contributed by atoms with Crippen LogP contribution in [-0.4, -0.2) is 58.2 Å². The Morgan fingerprint density at radius 2 is 1.79 bits per heavy atom. The summed E-state index contributed by atoms with van der Waals surface area (Å²) in [7, 11) is 3.11. The second-order valence-corrected chi connectivity index (χ2v) is 9.02. The largest absolute Gasteiger partial charge is 0.495 e. The predicted molar refractivity (Wildman–Crippen MR) is 144 cm³/mol. The number of hydrogen-bond donors (Lipinski definition) is 5. The number of rotatable bonds is 11. The highest BCUT2D eigenvalue weighted by Gasteiger charge is 2.21. The molecule has 0 saturated heterocycles. The summed E-state index contributed by atoms with van der Waals surface area (Å²) >= 11 is 0. The summed E-state index contributed by atoms with van der Waals surface area (Å²) in [6, 6.07) is 12.9. The van der Waals surface area contributed by atoms with Crippen LogP contribution in [0.2, 0.25) is 0 Å². The third-order valence-corrected chi connectivity index (χ3v) is 5.86. The lowest BCUT2D eigenvalue weighted by molar-refractivity contribution is -0.137. The van der Waals surface area contributed by atoms with E-state index < -0.39 is 18.0 Å². The number of urea groups is 1. The van der Waals surface area contributed by atoms with Gasteiger partial charge in [0, 0.05) is 19.7 Å². The molecule has 3 aromatic rings. The summed E-state index contributed by atoms with van der Waals surface area (Å²) < 4.78 is 5.43. The summed E-state index contributed by atoms with van der Waals surface area (Å²) in [5.74, 6) is -1.23. The van der Waals surface area contributed by atoms with Gasteiger partial charge in [-0.2, -0.15) is 5.10 Å². The molecule has 0 aliphatic rings. The number of carbonyl (C=O) groups excluding carboxylic acids is 3. The molecule has 12 nitrogen and oxygen atoms in total. The molecular formula is C27H32N6O6. The van der Waals surface area contributed by atoms with E-state index in [1.807, 2.05) is 25.1 Å². The molecule has 1 atom stereocenters. The van der Waals surface area contributed by atoms with E-state index in [1.165, 1.54) is 18.9 Å². The number of para-hydroxylation sites is 1.